The molecule has 7 heteroatoms. The summed E-state index contributed by atoms with van der Waals surface area (Å²) >= 11 is 0. The van der Waals surface area contributed by atoms with E-state index < -0.39 is 16.6 Å². The molecule has 22 heavy (non-hydrogen) atoms. The van der Waals surface area contributed by atoms with Crippen LogP contribution < -0.4 is 10.1 Å². The summed E-state index contributed by atoms with van der Waals surface area (Å²) in [5.74, 6) is -0.866. The Morgan fingerprint density at radius 3 is 2.59 bits per heavy atom. The molecule has 0 atom stereocenters. The van der Waals surface area contributed by atoms with Crippen molar-refractivity contribution in [1.82, 2.24) is 0 Å². The second kappa shape index (κ2) is 6.66. The lowest BCUT2D eigenvalue weighted by Crippen LogP contribution is -2.20. The molecule has 0 heterocycles. The second-order valence-corrected chi connectivity index (χ2v) is 4.57. The van der Waals surface area contributed by atoms with Crippen LogP contribution in [0.15, 0.2) is 42.5 Å². The molecule has 2 rings (SSSR count). The summed E-state index contributed by atoms with van der Waals surface area (Å²) < 4.78 is 18.8. The van der Waals surface area contributed by atoms with Crippen LogP contribution in [0.3, 0.4) is 0 Å². The molecule has 0 saturated heterocycles. The molecule has 0 fully saturated rings. The van der Waals surface area contributed by atoms with Gasteiger partial charge in [-0.15, -0.1) is 0 Å². The maximum atomic E-state index is 13.5. The maximum absolute atomic E-state index is 13.5. The lowest BCUT2D eigenvalue weighted by Gasteiger charge is -2.08. The summed E-state index contributed by atoms with van der Waals surface area (Å²) in [5, 5.41) is 12.9. The van der Waals surface area contributed by atoms with E-state index >= 15 is 0 Å². The van der Waals surface area contributed by atoms with Crippen molar-refractivity contribution in [2.24, 2.45) is 0 Å². The molecular weight excluding hydrogens is 291 g/mol. The molecule has 2 aromatic carbocycles. The van der Waals surface area contributed by atoms with Crippen LogP contribution in [0.1, 0.15) is 5.56 Å². The summed E-state index contributed by atoms with van der Waals surface area (Å²) in [5.41, 5.74) is 0.485. The number of carbonyl (C=O) groups is 1. The predicted octanol–water partition coefficient (Wildman–Crippen LogP) is 3.06. The number of anilines is 1. The first-order valence-electron chi connectivity index (χ1n) is 6.39. The lowest BCUT2D eigenvalue weighted by atomic mass is 10.2. The Morgan fingerprint density at radius 1 is 1.27 bits per heavy atom. The van der Waals surface area contributed by atoms with Crippen LogP contribution in [0, 0.1) is 22.9 Å². The molecule has 0 spiro atoms. The van der Waals surface area contributed by atoms with E-state index in [1.807, 2.05) is 19.1 Å². The van der Waals surface area contributed by atoms with Crippen molar-refractivity contribution in [3.63, 3.8) is 0 Å². The van der Waals surface area contributed by atoms with Gasteiger partial charge < -0.3 is 10.1 Å². The third-order valence-corrected chi connectivity index (χ3v) is 2.83. The third kappa shape index (κ3) is 4.02. The van der Waals surface area contributed by atoms with Gasteiger partial charge in [-0.3, -0.25) is 14.9 Å². The summed E-state index contributed by atoms with van der Waals surface area (Å²) in [7, 11) is 0. The van der Waals surface area contributed by atoms with Gasteiger partial charge in [0.15, 0.2) is 6.61 Å². The lowest BCUT2D eigenvalue weighted by molar-refractivity contribution is -0.384. The van der Waals surface area contributed by atoms with Crippen LogP contribution >= 0.6 is 0 Å². The number of non-ortho nitro benzene ring substituents is 1. The zero-order valence-corrected chi connectivity index (χ0v) is 11.7. The number of benzene rings is 2. The minimum Gasteiger partial charge on any atom is -0.484 e. The molecule has 0 bridgehead atoms. The van der Waals surface area contributed by atoms with Crippen molar-refractivity contribution >= 4 is 17.3 Å². The first-order chi connectivity index (χ1) is 10.5. The number of amides is 1. The van der Waals surface area contributed by atoms with Crippen molar-refractivity contribution in [2.45, 2.75) is 6.92 Å². The minimum absolute atomic E-state index is 0.258. The van der Waals surface area contributed by atoms with Crippen LogP contribution in [0.2, 0.25) is 0 Å². The van der Waals surface area contributed by atoms with Gasteiger partial charge >= 0.3 is 0 Å². The topological polar surface area (TPSA) is 81.5 Å². The molecule has 0 radical (unpaired) electrons. The number of ether oxygens (including phenoxy) is 1. The van der Waals surface area contributed by atoms with E-state index in [1.54, 1.807) is 12.1 Å². The van der Waals surface area contributed by atoms with Gasteiger partial charge in [-0.1, -0.05) is 17.7 Å². The number of nitrogens with zero attached hydrogens (tertiary/aromatic N) is 1. The predicted molar refractivity (Wildman–Crippen MR) is 78.4 cm³/mol. The first-order valence-corrected chi connectivity index (χ1v) is 6.39. The number of nitrogens with one attached hydrogen (secondary N) is 1. The SMILES string of the molecule is Cc1ccc(OCC(=O)Nc2cc([N+](=O)[O-])ccc2F)cc1. The number of hydrogen-bond donors (Lipinski definition) is 1. The molecule has 0 aliphatic carbocycles. The van der Waals surface area contributed by atoms with E-state index in [0.717, 1.165) is 23.8 Å². The molecule has 0 aliphatic heterocycles. The van der Waals surface area contributed by atoms with Crippen LogP contribution in [0.5, 0.6) is 5.75 Å². The molecule has 0 aliphatic rings. The van der Waals surface area contributed by atoms with Crippen molar-refractivity contribution in [3.8, 4) is 5.75 Å². The molecule has 114 valence electrons. The Kier molecular flexibility index (Phi) is 4.67. The van der Waals surface area contributed by atoms with Gasteiger partial charge in [-0.05, 0) is 25.1 Å². The number of nitro groups is 1. The van der Waals surface area contributed by atoms with Crippen LogP contribution in [-0.4, -0.2) is 17.4 Å². The van der Waals surface area contributed by atoms with Gasteiger partial charge in [-0.25, -0.2) is 4.39 Å². The third-order valence-electron chi connectivity index (χ3n) is 2.83. The normalized spacial score (nSPS) is 10.1. The van der Waals surface area contributed by atoms with Gasteiger partial charge in [0.05, 0.1) is 10.6 Å². The van der Waals surface area contributed by atoms with Gasteiger partial charge in [-0.2, -0.15) is 0 Å². The van der Waals surface area contributed by atoms with E-state index in [2.05, 4.69) is 5.32 Å². The highest BCUT2D eigenvalue weighted by Crippen LogP contribution is 2.21. The number of carbonyl (C=O) groups excluding carboxylic acids is 1. The van der Waals surface area contributed by atoms with E-state index in [4.69, 9.17) is 4.74 Å². The molecule has 0 aromatic heterocycles. The number of halogens is 1. The van der Waals surface area contributed by atoms with E-state index in [-0.39, 0.29) is 18.0 Å². The Morgan fingerprint density at radius 2 is 1.95 bits per heavy atom. The fraction of sp³-hybridized carbons (Fsp3) is 0.133. The molecule has 2 aromatic rings. The smallest absolute Gasteiger partial charge is 0.271 e. The number of hydrogen-bond acceptors (Lipinski definition) is 4. The number of aryl methyl sites for hydroxylation is 1. The highest BCUT2D eigenvalue weighted by atomic mass is 19.1. The van der Waals surface area contributed by atoms with Crippen LogP contribution in [-0.2, 0) is 4.79 Å². The van der Waals surface area contributed by atoms with Crippen LogP contribution in [0.4, 0.5) is 15.8 Å². The average Bonchev–Trinajstić information content (AvgIpc) is 2.48. The van der Waals surface area contributed by atoms with Gasteiger partial charge in [0, 0.05) is 12.1 Å². The molecule has 1 N–H and O–H groups in total. The fourth-order valence-electron chi connectivity index (χ4n) is 1.69. The zero-order valence-electron chi connectivity index (χ0n) is 11.7. The van der Waals surface area contributed by atoms with Crippen molar-refractivity contribution < 1.29 is 18.8 Å². The summed E-state index contributed by atoms with van der Waals surface area (Å²) in [6.45, 7) is 1.59. The highest BCUT2D eigenvalue weighted by Gasteiger charge is 2.13. The summed E-state index contributed by atoms with van der Waals surface area (Å²) in [6.07, 6.45) is 0. The van der Waals surface area contributed by atoms with Crippen molar-refractivity contribution in [3.05, 3.63) is 64.0 Å². The molecule has 1 amide bonds. The van der Waals surface area contributed by atoms with Gasteiger partial charge in [0.2, 0.25) is 0 Å². The van der Waals surface area contributed by atoms with Gasteiger partial charge in [0.25, 0.3) is 11.6 Å². The van der Waals surface area contributed by atoms with E-state index in [1.165, 1.54) is 0 Å². The highest BCUT2D eigenvalue weighted by molar-refractivity contribution is 5.92. The molecular formula is C15H13FN2O4. The Balaban J connectivity index is 1.98. The summed E-state index contributed by atoms with van der Waals surface area (Å²) in [6, 6.07) is 9.97. The standard InChI is InChI=1S/C15H13FN2O4/c1-10-2-5-12(6-3-10)22-9-15(19)17-14-8-11(18(20)21)4-7-13(14)16/h2-8H,9H2,1H3,(H,17,19). The molecule has 0 unspecified atom stereocenters. The quantitative estimate of drug-likeness (QED) is 0.680. The molecule has 6 nitrogen and oxygen atoms in total. The minimum atomic E-state index is -0.755. The monoisotopic (exact) mass is 304 g/mol. The van der Waals surface area contributed by atoms with Crippen molar-refractivity contribution in [2.75, 3.05) is 11.9 Å². The first kappa shape index (κ1) is 15.4. The Labute approximate surface area is 125 Å². The van der Waals surface area contributed by atoms with Gasteiger partial charge in [0.1, 0.15) is 11.6 Å². The van der Waals surface area contributed by atoms with Crippen LogP contribution in [0.25, 0.3) is 0 Å². The largest absolute Gasteiger partial charge is 0.484 e. The average molecular weight is 304 g/mol. The number of nitro benzene ring substituents is 1. The zero-order chi connectivity index (χ0) is 16.1. The molecule has 0 saturated carbocycles. The van der Waals surface area contributed by atoms with Crippen molar-refractivity contribution in [1.29, 1.82) is 0 Å². The van der Waals surface area contributed by atoms with E-state index in [9.17, 15) is 19.3 Å². The number of rotatable bonds is 5. The Hall–Kier alpha value is -2.96. The van der Waals surface area contributed by atoms with E-state index in [0.29, 0.717) is 5.75 Å². The maximum Gasteiger partial charge on any atom is 0.271 e. The summed E-state index contributed by atoms with van der Waals surface area (Å²) in [4.78, 5) is 21.7. The fourth-order valence-corrected chi connectivity index (χ4v) is 1.69. The second-order valence-electron chi connectivity index (χ2n) is 4.57. The Bertz CT molecular complexity index is 701.